The van der Waals surface area contributed by atoms with Gasteiger partial charge in [0.25, 0.3) is 0 Å². The number of carbonyl (C=O) groups excluding carboxylic acids is 2. The highest BCUT2D eigenvalue weighted by Crippen LogP contribution is 2.25. The molecule has 6 nitrogen and oxygen atoms in total. The summed E-state index contributed by atoms with van der Waals surface area (Å²) in [5, 5.41) is 2.33. The monoisotopic (exact) mass is 346 g/mol. The predicted molar refractivity (Wildman–Crippen MR) is 91.6 cm³/mol. The summed E-state index contributed by atoms with van der Waals surface area (Å²) in [5.41, 5.74) is 1.10. The van der Waals surface area contributed by atoms with Crippen molar-refractivity contribution in [2.24, 2.45) is 0 Å². The molecule has 2 rings (SSSR count). The van der Waals surface area contributed by atoms with Crippen molar-refractivity contribution in [3.63, 3.8) is 0 Å². The van der Waals surface area contributed by atoms with Crippen molar-refractivity contribution < 1.29 is 19.1 Å². The van der Waals surface area contributed by atoms with Gasteiger partial charge in [0.05, 0.1) is 12.8 Å². The van der Waals surface area contributed by atoms with Crippen molar-refractivity contribution in [1.82, 2.24) is 9.97 Å². The van der Waals surface area contributed by atoms with Gasteiger partial charge in [-0.2, -0.15) is 0 Å². The molecule has 0 bridgehead atoms. The molecule has 0 saturated carbocycles. The highest BCUT2D eigenvalue weighted by molar-refractivity contribution is 7.13. The number of carbonyl (C=O) groups is 2. The molecule has 0 radical (unpaired) electrons. The number of pyridine rings is 1. The predicted octanol–water partition coefficient (Wildman–Crippen LogP) is 3.35. The molecule has 0 aliphatic heterocycles. The number of ether oxygens (including phenoxy) is 2. The van der Waals surface area contributed by atoms with Gasteiger partial charge >= 0.3 is 11.9 Å². The Morgan fingerprint density at radius 1 is 1.29 bits per heavy atom. The van der Waals surface area contributed by atoms with Crippen LogP contribution in [0.4, 0.5) is 0 Å². The van der Waals surface area contributed by atoms with Crippen molar-refractivity contribution in [2.45, 2.75) is 26.4 Å². The van der Waals surface area contributed by atoms with Gasteiger partial charge in [0, 0.05) is 23.2 Å². The number of hydrogen-bond donors (Lipinski definition) is 0. The van der Waals surface area contributed by atoms with Gasteiger partial charge in [-0.15, -0.1) is 11.3 Å². The first-order chi connectivity index (χ1) is 11.3. The normalized spacial score (nSPS) is 11.5. The molecular weight excluding hydrogens is 328 g/mol. The van der Waals surface area contributed by atoms with Crippen LogP contribution in [0.2, 0.25) is 0 Å². The number of thiazole rings is 1. The molecule has 0 spiro atoms. The molecule has 0 unspecified atom stereocenters. The SMILES string of the molecule is COC(=O)/C=C/c1cc(-c2nc(C(=O)OC(C)(C)C)cs2)ccn1. The summed E-state index contributed by atoms with van der Waals surface area (Å²) < 4.78 is 9.85. The van der Waals surface area contributed by atoms with Crippen LogP contribution in [0.25, 0.3) is 16.6 Å². The zero-order chi connectivity index (χ0) is 17.7. The summed E-state index contributed by atoms with van der Waals surface area (Å²) in [6.07, 6.45) is 4.46. The Hall–Kier alpha value is -2.54. The Morgan fingerprint density at radius 3 is 2.71 bits per heavy atom. The van der Waals surface area contributed by atoms with Crippen LogP contribution in [0, 0.1) is 0 Å². The van der Waals surface area contributed by atoms with Gasteiger partial charge in [0.1, 0.15) is 10.6 Å². The average molecular weight is 346 g/mol. The smallest absolute Gasteiger partial charge is 0.358 e. The summed E-state index contributed by atoms with van der Waals surface area (Å²) in [4.78, 5) is 31.6. The maximum Gasteiger partial charge on any atom is 0.358 e. The second-order valence-corrected chi connectivity index (χ2v) is 6.72. The quantitative estimate of drug-likeness (QED) is 0.624. The molecule has 0 aromatic carbocycles. The number of nitrogens with zero attached hydrogens (tertiary/aromatic N) is 2. The van der Waals surface area contributed by atoms with E-state index in [0.29, 0.717) is 10.7 Å². The van der Waals surface area contributed by atoms with Gasteiger partial charge in [-0.3, -0.25) is 4.98 Å². The van der Waals surface area contributed by atoms with E-state index in [1.54, 1.807) is 50.6 Å². The van der Waals surface area contributed by atoms with E-state index < -0.39 is 17.5 Å². The van der Waals surface area contributed by atoms with E-state index in [-0.39, 0.29) is 5.69 Å². The van der Waals surface area contributed by atoms with Crippen LogP contribution >= 0.6 is 11.3 Å². The number of methoxy groups -OCH3 is 1. The van der Waals surface area contributed by atoms with Crippen LogP contribution in [-0.2, 0) is 14.3 Å². The zero-order valence-electron chi connectivity index (χ0n) is 13.9. The summed E-state index contributed by atoms with van der Waals surface area (Å²) in [7, 11) is 1.31. The van der Waals surface area contributed by atoms with Crippen molar-refractivity contribution in [3.8, 4) is 10.6 Å². The Morgan fingerprint density at radius 2 is 2.04 bits per heavy atom. The summed E-state index contributed by atoms with van der Waals surface area (Å²) >= 11 is 1.34. The third-order valence-electron chi connectivity index (χ3n) is 2.73. The third kappa shape index (κ3) is 4.99. The van der Waals surface area contributed by atoms with Crippen LogP contribution < -0.4 is 0 Å². The molecule has 0 aliphatic carbocycles. The highest BCUT2D eigenvalue weighted by Gasteiger charge is 2.20. The van der Waals surface area contributed by atoms with E-state index in [0.717, 1.165) is 5.56 Å². The van der Waals surface area contributed by atoms with Gasteiger partial charge in [0.2, 0.25) is 0 Å². The second kappa shape index (κ2) is 7.35. The van der Waals surface area contributed by atoms with Crippen LogP contribution in [0.5, 0.6) is 0 Å². The lowest BCUT2D eigenvalue weighted by Gasteiger charge is -2.18. The number of rotatable bonds is 4. The summed E-state index contributed by atoms with van der Waals surface area (Å²) in [5.74, 6) is -0.909. The van der Waals surface area contributed by atoms with Gasteiger partial charge in [-0.1, -0.05) is 0 Å². The molecule has 0 fully saturated rings. The van der Waals surface area contributed by atoms with Crippen LogP contribution in [0.3, 0.4) is 0 Å². The fourth-order valence-corrected chi connectivity index (χ4v) is 2.51. The maximum atomic E-state index is 12.0. The van der Waals surface area contributed by atoms with E-state index >= 15 is 0 Å². The van der Waals surface area contributed by atoms with Gasteiger partial charge in [-0.05, 0) is 39.0 Å². The van der Waals surface area contributed by atoms with Crippen LogP contribution in [0.1, 0.15) is 37.0 Å². The Kier molecular flexibility index (Phi) is 5.46. The van der Waals surface area contributed by atoms with Crippen LogP contribution in [0.15, 0.2) is 29.8 Å². The number of hydrogen-bond acceptors (Lipinski definition) is 7. The molecule has 2 aromatic rings. The van der Waals surface area contributed by atoms with E-state index in [2.05, 4.69) is 14.7 Å². The molecule has 126 valence electrons. The molecular formula is C17H18N2O4S. The first-order valence-corrected chi connectivity index (χ1v) is 8.08. The Balaban J connectivity index is 2.20. The lowest BCUT2D eigenvalue weighted by molar-refractivity contribution is -0.134. The fourth-order valence-electron chi connectivity index (χ4n) is 1.72. The van der Waals surface area contributed by atoms with E-state index in [9.17, 15) is 9.59 Å². The van der Waals surface area contributed by atoms with Crippen molar-refractivity contribution in [2.75, 3.05) is 7.11 Å². The molecule has 0 saturated heterocycles. The summed E-state index contributed by atoms with van der Waals surface area (Å²) in [6, 6.07) is 3.56. The van der Waals surface area contributed by atoms with Crippen molar-refractivity contribution in [3.05, 3.63) is 41.2 Å². The Labute approximate surface area is 144 Å². The first-order valence-electron chi connectivity index (χ1n) is 7.20. The lowest BCUT2D eigenvalue weighted by atomic mass is 10.2. The molecule has 0 atom stereocenters. The molecule has 7 heteroatoms. The number of esters is 2. The maximum absolute atomic E-state index is 12.0. The average Bonchev–Trinajstić information content (AvgIpc) is 3.01. The molecule has 2 aromatic heterocycles. The van der Waals surface area contributed by atoms with Gasteiger partial charge < -0.3 is 9.47 Å². The van der Waals surface area contributed by atoms with Gasteiger partial charge in [0.15, 0.2) is 5.69 Å². The third-order valence-corrected chi connectivity index (χ3v) is 3.62. The second-order valence-electron chi connectivity index (χ2n) is 5.87. The highest BCUT2D eigenvalue weighted by atomic mass is 32.1. The fraction of sp³-hybridized carbons (Fsp3) is 0.294. The molecule has 2 heterocycles. The van der Waals surface area contributed by atoms with Crippen molar-refractivity contribution in [1.29, 1.82) is 0 Å². The van der Waals surface area contributed by atoms with E-state index in [1.165, 1.54) is 24.5 Å². The minimum atomic E-state index is -0.566. The minimum Gasteiger partial charge on any atom is -0.466 e. The number of aromatic nitrogens is 2. The van der Waals surface area contributed by atoms with E-state index in [4.69, 9.17) is 4.74 Å². The van der Waals surface area contributed by atoms with E-state index in [1.807, 2.05) is 0 Å². The summed E-state index contributed by atoms with van der Waals surface area (Å²) in [6.45, 7) is 5.42. The van der Waals surface area contributed by atoms with Crippen LogP contribution in [-0.4, -0.2) is 34.6 Å². The molecule has 0 aliphatic rings. The topological polar surface area (TPSA) is 78.4 Å². The molecule has 24 heavy (non-hydrogen) atoms. The molecule has 0 N–H and O–H groups in total. The first kappa shape index (κ1) is 17.8. The largest absolute Gasteiger partial charge is 0.466 e. The minimum absolute atomic E-state index is 0.272. The zero-order valence-corrected chi connectivity index (χ0v) is 14.7. The van der Waals surface area contributed by atoms with Crippen molar-refractivity contribution >= 4 is 29.4 Å². The lowest BCUT2D eigenvalue weighted by Crippen LogP contribution is -2.24. The standard InChI is InChI=1S/C17H18N2O4S/c1-17(2,3)23-16(21)13-10-24-15(19-13)11-7-8-18-12(9-11)5-6-14(20)22-4/h5-10H,1-4H3/b6-5+. The molecule has 0 amide bonds. The Bertz CT molecular complexity index is 775. The van der Waals surface area contributed by atoms with Gasteiger partial charge in [-0.25, -0.2) is 14.6 Å².